The van der Waals surface area contributed by atoms with Gasteiger partial charge in [-0.2, -0.15) is 0 Å². The van der Waals surface area contributed by atoms with E-state index in [1.54, 1.807) is 0 Å². The van der Waals surface area contributed by atoms with E-state index < -0.39 is 99.9 Å². The number of hydrogen-bond acceptors (Lipinski definition) is 7. The molecule has 0 bridgehead atoms. The maximum Gasteiger partial charge on any atom is 0.317 e. The van der Waals surface area contributed by atoms with Gasteiger partial charge in [0.05, 0.1) is 5.41 Å². The number of ether oxygens (including phenoxy) is 2. The Labute approximate surface area is 721 Å². The molecule has 660 valence electrons. The number of carbonyl (C=O) groups excluding carboxylic acids is 1. The average Bonchev–Trinajstić information content (AvgIpc) is 1.37. The second-order valence-electron chi connectivity index (χ2n) is 47.5. The second-order valence-corrected chi connectivity index (χ2v) is 47.5. The van der Waals surface area contributed by atoms with Crippen molar-refractivity contribution in [3.05, 3.63) is 138 Å². The number of aryl methyl sites for hydroxylation is 4. The summed E-state index contributed by atoms with van der Waals surface area (Å²) in [6.45, 7) is 73.4. The summed E-state index contributed by atoms with van der Waals surface area (Å²) in [7, 11) is 0. The average molecular weight is 1640 g/mol. The van der Waals surface area contributed by atoms with Gasteiger partial charge in [-0.1, -0.05) is 373 Å². The minimum atomic E-state index is -0.992. The van der Waals surface area contributed by atoms with Crippen LogP contribution in [0.25, 0.3) is 22.3 Å². The van der Waals surface area contributed by atoms with Crippen molar-refractivity contribution < 1.29 is 53.9 Å². The highest BCUT2D eigenvalue weighted by molar-refractivity contribution is 6.05. The molecule has 3 fully saturated rings. The van der Waals surface area contributed by atoms with Crippen molar-refractivity contribution in [2.24, 2.45) is 10.8 Å². The summed E-state index contributed by atoms with van der Waals surface area (Å²) in [5.74, 6) is -2.24. The first-order chi connectivity index (χ1) is 54.4. The van der Waals surface area contributed by atoms with Crippen LogP contribution in [0.4, 0.5) is 0 Å². The van der Waals surface area contributed by atoms with Crippen molar-refractivity contribution in [3.63, 3.8) is 0 Å². The van der Waals surface area contributed by atoms with E-state index in [0.29, 0.717) is 56.4 Å². The zero-order valence-electron chi connectivity index (χ0n) is 80.9. The van der Waals surface area contributed by atoms with Crippen LogP contribution in [-0.4, -0.2) is 55.9 Å². The summed E-state index contributed by atoms with van der Waals surface area (Å²) in [5, 5.41) is 42.2. The summed E-state index contributed by atoms with van der Waals surface area (Å²) >= 11 is 0. The molecule has 0 amide bonds. The van der Waals surface area contributed by atoms with Gasteiger partial charge >= 0.3 is 29.8 Å². The molecule has 8 rings (SSSR count). The van der Waals surface area contributed by atoms with Gasteiger partial charge in [-0.05, 0) is 188 Å². The monoisotopic (exact) mass is 1640 g/mol. The first-order valence-electron chi connectivity index (χ1n) is 46.2. The number of fused-ring (bicyclic) bond motifs is 1. The third kappa shape index (κ3) is 20.5. The molecule has 119 heavy (non-hydrogen) atoms. The predicted molar refractivity (Wildman–Crippen MR) is 495 cm³/mol. The summed E-state index contributed by atoms with van der Waals surface area (Å²) in [6.07, 6.45) is 22.4. The molecule has 11 nitrogen and oxygen atoms in total. The van der Waals surface area contributed by atoms with Crippen LogP contribution in [0.15, 0.2) is 48.5 Å². The van der Waals surface area contributed by atoms with Gasteiger partial charge < -0.3 is 29.9 Å². The number of esters is 1. The number of rotatable bonds is 37. The van der Waals surface area contributed by atoms with Crippen LogP contribution < -0.4 is 4.74 Å². The first kappa shape index (κ1) is 97.7. The Hall–Kier alpha value is -6.75. The molecular formula is C108H162O11. The highest BCUT2D eigenvalue weighted by atomic mass is 16.6. The van der Waals surface area contributed by atoms with E-state index in [1.165, 1.54) is 82.6 Å². The summed E-state index contributed by atoms with van der Waals surface area (Å²) in [4.78, 5) is 68.2. The topological polar surface area (TPSA) is 185 Å². The Morgan fingerprint density at radius 1 is 0.361 bits per heavy atom. The van der Waals surface area contributed by atoms with Gasteiger partial charge in [-0.25, -0.2) is 0 Å². The number of aliphatic carboxylic acids is 4. The van der Waals surface area contributed by atoms with Crippen LogP contribution >= 0.6 is 0 Å². The van der Waals surface area contributed by atoms with Crippen LogP contribution in [0.2, 0.25) is 0 Å². The van der Waals surface area contributed by atoms with Crippen molar-refractivity contribution in [2.45, 2.75) is 460 Å². The molecule has 3 aliphatic rings. The van der Waals surface area contributed by atoms with Gasteiger partial charge in [0.2, 0.25) is 0 Å². The molecular weight excluding hydrogens is 1470 g/mol. The normalized spacial score (nSPS) is 18.4. The van der Waals surface area contributed by atoms with Gasteiger partial charge in [0.25, 0.3) is 0 Å². The molecule has 1 aliphatic heterocycles. The Balaban J connectivity index is 1.75. The first-order valence-corrected chi connectivity index (χ1v) is 46.2. The van der Waals surface area contributed by atoms with Gasteiger partial charge in [-0.15, -0.1) is 0 Å². The van der Waals surface area contributed by atoms with Gasteiger partial charge in [0.15, 0.2) is 0 Å². The van der Waals surface area contributed by atoms with Gasteiger partial charge in [0.1, 0.15) is 22.5 Å². The number of hydrogen-bond donors (Lipinski definition) is 4. The molecule has 0 aromatic heterocycles. The van der Waals surface area contributed by atoms with Gasteiger partial charge in [-0.3, -0.25) is 24.0 Å². The second kappa shape index (κ2) is 35.5. The highest BCUT2D eigenvalue weighted by Crippen LogP contribution is 2.98. The molecule has 1 heterocycles. The highest BCUT2D eigenvalue weighted by Gasteiger charge is 3.09. The molecule has 11 heteroatoms. The summed E-state index contributed by atoms with van der Waals surface area (Å²) in [6, 6.07) is 18.2. The van der Waals surface area contributed by atoms with Crippen molar-refractivity contribution in [1.82, 2.24) is 0 Å². The molecule has 2 aliphatic carbocycles. The van der Waals surface area contributed by atoms with Crippen molar-refractivity contribution in [3.8, 4) is 33.8 Å². The largest absolute Gasteiger partial charge is 0.481 e. The molecule has 1 spiro atoms. The van der Waals surface area contributed by atoms with Crippen LogP contribution in [-0.2, 0) is 120 Å². The lowest BCUT2D eigenvalue weighted by Gasteiger charge is -2.52. The third-order valence-electron chi connectivity index (χ3n) is 27.0. The molecule has 3 atom stereocenters. The minimum absolute atomic E-state index is 0.0200. The summed E-state index contributed by atoms with van der Waals surface area (Å²) < 4.78 is 16.5. The molecule has 1 saturated heterocycles. The van der Waals surface area contributed by atoms with Gasteiger partial charge in [0, 0.05) is 53.4 Å². The number of carboxylic acid groups (broad SMARTS) is 4. The SMILES string of the molecule is CCCCCCCCCCCCCCCCCCC12C(=O)OC13C(C)(C)CC23c1c(-c2c(C(C)(C)C)cc(CCC(=O)O)cc2C(C)(C)C)c(C(C)(C)C)c(Oc2c(C(C)(C)C)cc(CCC(=O)O)cc2C(C)(C)C)c(C(C)(C)Cc2c(C(C)(C)C)cc(CCC(=O)O)cc2C(C)(C)C)c1-c1c(C(C)(C)C)cc(CCC(=O)O)cc1C(C)(C)C. The summed E-state index contributed by atoms with van der Waals surface area (Å²) in [5.41, 5.74) is 10.4. The quantitative estimate of drug-likeness (QED) is 0.0219. The van der Waals surface area contributed by atoms with Crippen LogP contribution in [0, 0.1) is 10.8 Å². The molecule has 0 radical (unpaired) electrons. The number of unbranched alkanes of at least 4 members (excludes halogenated alkanes) is 15. The number of carbonyl (C=O) groups is 5. The molecule has 5 aromatic rings. The van der Waals surface area contributed by atoms with E-state index in [9.17, 15) is 39.6 Å². The fourth-order valence-corrected chi connectivity index (χ4v) is 21.3. The standard InChI is InChI=1S/C108H162O11/c1-33-34-35-36-37-38-39-40-41-42-43-44-45-46-47-48-57-106-94(117)119-108(106)105(31,32)67-107(106,108)89-87(85-75(97(8,9)10)60-69(50-54-82(111)112)61-76(85)98(11,12)13)90(103(26,27)28)93(118-92-79(101(20,21)22)64-71(52-56-84(115)116)65-80(92)102(23,24)25)91(88(89)86-77(99(14,15)16)62-70(51-55-83(113)114)63-78(86)100(17,18)19)104(29,30)66-72-73(95(2,3)4)58-68(49-53-81(109)110)59-74(72)96(5,6)7/h58-65H,33-57,66-67H2,1-32H3,(H,109,110)(H,111,112)(H,113,114)(H,115,116). The zero-order valence-corrected chi connectivity index (χ0v) is 80.9. The fraction of sp³-hybridized carbons (Fsp3) is 0.676. The molecule has 3 unspecified atom stereocenters. The van der Waals surface area contributed by atoms with Crippen LogP contribution in [0.3, 0.4) is 0 Å². The maximum absolute atomic E-state index is 16.7. The lowest BCUT2D eigenvalue weighted by molar-refractivity contribution is -0.209. The smallest absolute Gasteiger partial charge is 0.317 e. The number of benzene rings is 5. The van der Waals surface area contributed by atoms with E-state index in [1.807, 2.05) is 0 Å². The van der Waals surface area contributed by atoms with Crippen LogP contribution in [0.1, 0.15) is 452 Å². The minimum Gasteiger partial charge on any atom is -0.481 e. The molecule has 5 aromatic carbocycles. The fourth-order valence-electron chi connectivity index (χ4n) is 21.3. The Kier molecular flexibility index (Phi) is 29.1. The van der Waals surface area contributed by atoms with Crippen molar-refractivity contribution in [2.75, 3.05) is 0 Å². The molecule has 4 N–H and O–H groups in total. The lowest BCUT2D eigenvalue weighted by atomic mass is 9.54. The van der Waals surface area contributed by atoms with Crippen molar-refractivity contribution >= 4 is 29.8 Å². The van der Waals surface area contributed by atoms with Crippen LogP contribution in [0.5, 0.6) is 11.5 Å². The Morgan fingerprint density at radius 2 is 0.639 bits per heavy atom. The maximum atomic E-state index is 16.7. The predicted octanol–water partition coefficient (Wildman–Crippen LogP) is 28.7. The van der Waals surface area contributed by atoms with Crippen molar-refractivity contribution in [1.29, 1.82) is 0 Å². The Bertz CT molecular complexity index is 4400. The van der Waals surface area contributed by atoms with E-state index in [-0.39, 0.29) is 31.7 Å². The lowest BCUT2D eigenvalue weighted by Crippen LogP contribution is -2.58. The zero-order chi connectivity index (χ0) is 89.8. The number of carboxylic acids is 4. The molecule has 2 saturated carbocycles. The Morgan fingerprint density at radius 3 is 0.908 bits per heavy atom. The third-order valence-corrected chi connectivity index (χ3v) is 27.0. The van der Waals surface area contributed by atoms with E-state index in [2.05, 4.69) is 270 Å². The van der Waals surface area contributed by atoms with E-state index in [0.717, 1.165) is 131 Å². The van der Waals surface area contributed by atoms with E-state index >= 15 is 4.79 Å². The van der Waals surface area contributed by atoms with E-state index in [4.69, 9.17) is 9.47 Å².